The van der Waals surface area contributed by atoms with Crippen LogP contribution in [0.1, 0.15) is 26.2 Å². The molecular weight excluding hydrogens is 196 g/mol. The maximum atomic E-state index is 11.5. The van der Waals surface area contributed by atoms with Gasteiger partial charge in [0.1, 0.15) is 0 Å². The Balaban J connectivity index is 2.07. The van der Waals surface area contributed by atoms with Crippen LogP contribution < -0.4 is 5.73 Å². The predicted octanol–water partition coefficient (Wildman–Crippen LogP) is -0.360. The summed E-state index contributed by atoms with van der Waals surface area (Å²) in [6, 6.07) is -0.347. The van der Waals surface area contributed by atoms with Gasteiger partial charge in [-0.15, -0.1) is 0 Å². The van der Waals surface area contributed by atoms with Crippen molar-refractivity contribution in [2.45, 2.75) is 44.4 Å². The minimum absolute atomic E-state index is 0.0593. The molecule has 0 aromatic heterocycles. The Morgan fingerprint density at radius 3 is 2.47 bits per heavy atom. The summed E-state index contributed by atoms with van der Waals surface area (Å²) in [4.78, 5) is 24.3. The van der Waals surface area contributed by atoms with Crippen molar-refractivity contribution in [3.63, 3.8) is 0 Å². The van der Waals surface area contributed by atoms with Crippen molar-refractivity contribution < 1.29 is 14.3 Å². The van der Waals surface area contributed by atoms with Crippen LogP contribution in [0, 0.1) is 0 Å². The Morgan fingerprint density at radius 2 is 2.00 bits per heavy atom. The standard InChI is InChI=1S/C10H16N2O3/c1-2-15-7-5-6(11)10(7)12-8(13)3-4-9(12)14/h6-7,10H,2-5,11H2,1H3. The fraction of sp³-hybridized carbons (Fsp3) is 0.800. The SMILES string of the molecule is CCOC1CC(N)C1N1C(=O)CCC1=O. The summed E-state index contributed by atoms with van der Waals surface area (Å²) >= 11 is 0. The summed E-state index contributed by atoms with van der Waals surface area (Å²) in [5.74, 6) is -0.213. The van der Waals surface area contributed by atoms with Gasteiger partial charge in [0.25, 0.3) is 0 Å². The number of amides is 2. The molecule has 0 bridgehead atoms. The van der Waals surface area contributed by atoms with Gasteiger partial charge in [-0.25, -0.2) is 0 Å². The normalized spacial score (nSPS) is 35.9. The zero-order valence-corrected chi connectivity index (χ0v) is 8.81. The van der Waals surface area contributed by atoms with Gasteiger partial charge < -0.3 is 10.5 Å². The summed E-state index contributed by atoms with van der Waals surface area (Å²) in [6.07, 6.45) is 1.31. The third kappa shape index (κ3) is 1.66. The first-order valence-corrected chi connectivity index (χ1v) is 5.37. The second kappa shape index (κ2) is 3.90. The van der Waals surface area contributed by atoms with Crippen LogP contribution in [-0.4, -0.2) is 41.5 Å². The van der Waals surface area contributed by atoms with Gasteiger partial charge >= 0.3 is 0 Å². The molecule has 0 aromatic rings. The molecule has 1 saturated carbocycles. The molecule has 2 amide bonds. The maximum absolute atomic E-state index is 11.5. The first-order chi connectivity index (χ1) is 7.15. The first-order valence-electron chi connectivity index (χ1n) is 5.37. The molecule has 1 aliphatic carbocycles. The Kier molecular flexibility index (Phi) is 2.75. The summed E-state index contributed by atoms with van der Waals surface area (Å²) in [5, 5.41) is 0. The van der Waals surface area contributed by atoms with Gasteiger partial charge in [-0.1, -0.05) is 0 Å². The van der Waals surface area contributed by atoms with Gasteiger partial charge in [-0.2, -0.15) is 0 Å². The average molecular weight is 212 g/mol. The Labute approximate surface area is 88.5 Å². The molecule has 0 spiro atoms. The number of hydrogen-bond acceptors (Lipinski definition) is 4. The lowest BCUT2D eigenvalue weighted by Gasteiger charge is -2.45. The fourth-order valence-electron chi connectivity index (χ4n) is 2.29. The van der Waals surface area contributed by atoms with Crippen molar-refractivity contribution in [3.8, 4) is 0 Å². The number of ether oxygens (including phenoxy) is 1. The number of likely N-dealkylation sites (tertiary alicyclic amines) is 1. The highest BCUT2D eigenvalue weighted by atomic mass is 16.5. The minimum Gasteiger partial charge on any atom is -0.376 e. The Bertz CT molecular complexity index is 274. The number of nitrogens with zero attached hydrogens (tertiary/aromatic N) is 1. The number of carbonyl (C=O) groups is 2. The topological polar surface area (TPSA) is 72.6 Å². The largest absolute Gasteiger partial charge is 0.376 e. The van der Waals surface area contributed by atoms with Crippen LogP contribution >= 0.6 is 0 Å². The van der Waals surface area contributed by atoms with Gasteiger partial charge in [0.2, 0.25) is 11.8 Å². The van der Waals surface area contributed by atoms with Crippen LogP contribution in [-0.2, 0) is 14.3 Å². The zero-order valence-electron chi connectivity index (χ0n) is 8.81. The summed E-state index contributed by atoms with van der Waals surface area (Å²) in [5.41, 5.74) is 5.82. The predicted molar refractivity (Wildman–Crippen MR) is 52.9 cm³/mol. The lowest BCUT2D eigenvalue weighted by atomic mass is 9.82. The van der Waals surface area contributed by atoms with Crippen molar-refractivity contribution in [2.24, 2.45) is 5.73 Å². The second-order valence-electron chi connectivity index (χ2n) is 4.04. The second-order valence-corrected chi connectivity index (χ2v) is 4.04. The number of imide groups is 1. The van der Waals surface area contributed by atoms with Crippen molar-refractivity contribution in [1.29, 1.82) is 0 Å². The van der Waals surface area contributed by atoms with Gasteiger partial charge in [0, 0.05) is 25.5 Å². The molecule has 5 heteroatoms. The van der Waals surface area contributed by atoms with Crippen LogP contribution in [0.4, 0.5) is 0 Å². The smallest absolute Gasteiger partial charge is 0.230 e. The molecule has 0 radical (unpaired) electrons. The van der Waals surface area contributed by atoms with Gasteiger partial charge in [0.15, 0.2) is 0 Å². The van der Waals surface area contributed by atoms with Crippen LogP contribution in [0.25, 0.3) is 0 Å². The molecule has 1 heterocycles. The summed E-state index contributed by atoms with van der Waals surface area (Å²) in [7, 11) is 0. The van der Waals surface area contributed by atoms with Crippen molar-refractivity contribution in [2.75, 3.05) is 6.61 Å². The number of carbonyl (C=O) groups excluding carboxylic acids is 2. The Hall–Kier alpha value is -0.940. The van der Waals surface area contributed by atoms with Crippen LogP contribution in [0.15, 0.2) is 0 Å². The van der Waals surface area contributed by atoms with Crippen molar-refractivity contribution in [1.82, 2.24) is 4.90 Å². The number of rotatable bonds is 3. The van der Waals surface area contributed by atoms with Crippen LogP contribution in [0.5, 0.6) is 0 Å². The van der Waals surface area contributed by atoms with E-state index in [1.807, 2.05) is 6.92 Å². The van der Waals surface area contributed by atoms with E-state index in [4.69, 9.17) is 10.5 Å². The lowest BCUT2D eigenvalue weighted by Crippen LogP contribution is -2.65. The van der Waals surface area contributed by atoms with Crippen molar-refractivity contribution >= 4 is 11.8 Å². The van der Waals surface area contributed by atoms with Gasteiger partial charge in [-0.05, 0) is 13.3 Å². The highest BCUT2D eigenvalue weighted by Gasteiger charge is 2.49. The van der Waals surface area contributed by atoms with E-state index in [1.165, 1.54) is 4.90 Å². The molecule has 3 atom stereocenters. The zero-order chi connectivity index (χ0) is 11.0. The molecule has 5 nitrogen and oxygen atoms in total. The van der Waals surface area contributed by atoms with Crippen LogP contribution in [0.3, 0.4) is 0 Å². The molecule has 2 aliphatic rings. The molecule has 84 valence electrons. The van der Waals surface area contributed by atoms with Crippen molar-refractivity contribution in [3.05, 3.63) is 0 Å². The van der Waals surface area contributed by atoms with Gasteiger partial charge in [-0.3, -0.25) is 14.5 Å². The molecule has 15 heavy (non-hydrogen) atoms. The van der Waals surface area contributed by atoms with E-state index in [9.17, 15) is 9.59 Å². The first kappa shape index (κ1) is 10.6. The summed E-state index contributed by atoms with van der Waals surface area (Å²) < 4.78 is 5.44. The quantitative estimate of drug-likeness (QED) is 0.648. The van der Waals surface area contributed by atoms with Gasteiger partial charge in [0.05, 0.1) is 12.1 Å². The fourth-order valence-corrected chi connectivity index (χ4v) is 2.29. The molecule has 2 fully saturated rings. The molecule has 0 aromatic carbocycles. The van der Waals surface area contributed by atoms with E-state index in [0.717, 1.165) is 6.42 Å². The molecule has 3 unspecified atom stereocenters. The highest BCUT2D eigenvalue weighted by molar-refractivity contribution is 6.02. The summed E-state index contributed by atoms with van der Waals surface area (Å²) in [6.45, 7) is 2.48. The van der Waals surface area contributed by atoms with E-state index in [0.29, 0.717) is 19.4 Å². The lowest BCUT2D eigenvalue weighted by molar-refractivity contribution is -0.153. The number of nitrogens with two attached hydrogens (primary N) is 1. The molecular formula is C10H16N2O3. The van der Waals surface area contributed by atoms with E-state index >= 15 is 0 Å². The molecule has 2 N–H and O–H groups in total. The molecule has 2 rings (SSSR count). The third-order valence-corrected chi connectivity index (χ3v) is 3.09. The molecule has 1 aliphatic heterocycles. The maximum Gasteiger partial charge on any atom is 0.230 e. The Morgan fingerprint density at radius 1 is 1.40 bits per heavy atom. The molecule has 1 saturated heterocycles. The third-order valence-electron chi connectivity index (χ3n) is 3.09. The van der Waals surface area contributed by atoms with E-state index in [1.54, 1.807) is 0 Å². The monoisotopic (exact) mass is 212 g/mol. The average Bonchev–Trinajstić information content (AvgIpc) is 2.49. The number of hydrogen-bond donors (Lipinski definition) is 1. The van der Waals surface area contributed by atoms with E-state index in [2.05, 4.69) is 0 Å². The van der Waals surface area contributed by atoms with E-state index < -0.39 is 0 Å². The highest BCUT2D eigenvalue weighted by Crippen LogP contribution is 2.31. The van der Waals surface area contributed by atoms with E-state index in [-0.39, 0.29) is 30.0 Å². The van der Waals surface area contributed by atoms with Crippen LogP contribution in [0.2, 0.25) is 0 Å². The minimum atomic E-state index is -0.229.